The van der Waals surface area contributed by atoms with Crippen molar-refractivity contribution in [2.45, 2.75) is 17.7 Å². The second-order valence-electron chi connectivity index (χ2n) is 7.46. The monoisotopic (exact) mass is 467 g/mol. The number of urea groups is 1. The van der Waals surface area contributed by atoms with Crippen molar-refractivity contribution in [3.05, 3.63) is 72.3 Å². The standard InChI is InChI=1S/C24H25N3O5S/c1-31-22-12-6-11-20(23(22)32-2)26-24(28)25-18-13-14-21-17(16-18)8-7-15-27(21)33(29,30)19-9-4-3-5-10-19/h3-6,9-14,16H,7-8,15H2,1-2H3,(H2,25,26,28). The normalized spacial score (nSPS) is 13.1. The Labute approximate surface area is 193 Å². The van der Waals surface area contributed by atoms with Gasteiger partial charge >= 0.3 is 6.03 Å². The number of ether oxygens (including phenoxy) is 2. The Kier molecular flexibility index (Phi) is 6.41. The van der Waals surface area contributed by atoms with Crippen LogP contribution in [0, 0.1) is 0 Å². The molecule has 2 amide bonds. The number of sulfonamides is 1. The molecule has 0 saturated carbocycles. The van der Waals surface area contributed by atoms with E-state index in [0.29, 0.717) is 41.5 Å². The van der Waals surface area contributed by atoms with Crippen molar-refractivity contribution >= 4 is 33.1 Å². The number of carbonyl (C=O) groups is 1. The average molecular weight is 468 g/mol. The van der Waals surface area contributed by atoms with E-state index >= 15 is 0 Å². The third kappa shape index (κ3) is 4.58. The van der Waals surface area contributed by atoms with Crippen LogP contribution in [0.1, 0.15) is 12.0 Å². The molecule has 0 saturated heterocycles. The van der Waals surface area contributed by atoms with E-state index in [1.165, 1.54) is 18.5 Å². The lowest BCUT2D eigenvalue weighted by Gasteiger charge is -2.31. The van der Waals surface area contributed by atoms with Crippen LogP contribution in [-0.2, 0) is 16.4 Å². The molecule has 0 fully saturated rings. The second kappa shape index (κ2) is 9.41. The third-order valence-electron chi connectivity index (χ3n) is 5.40. The van der Waals surface area contributed by atoms with Crippen molar-refractivity contribution in [2.75, 3.05) is 35.7 Å². The lowest BCUT2D eigenvalue weighted by molar-refractivity contribution is 0.262. The number of aryl methyl sites for hydroxylation is 1. The van der Waals surface area contributed by atoms with Gasteiger partial charge in [-0.25, -0.2) is 13.2 Å². The van der Waals surface area contributed by atoms with Crippen molar-refractivity contribution in [1.82, 2.24) is 0 Å². The molecule has 0 aromatic heterocycles. The van der Waals surface area contributed by atoms with Crippen LogP contribution in [0.3, 0.4) is 0 Å². The summed E-state index contributed by atoms with van der Waals surface area (Å²) in [5.41, 5.74) is 2.52. The predicted molar refractivity (Wildman–Crippen MR) is 128 cm³/mol. The van der Waals surface area contributed by atoms with Crippen LogP contribution < -0.4 is 24.4 Å². The van der Waals surface area contributed by atoms with Gasteiger partial charge < -0.3 is 20.1 Å². The molecule has 3 aromatic carbocycles. The number of anilines is 3. The van der Waals surface area contributed by atoms with E-state index in [2.05, 4.69) is 10.6 Å². The average Bonchev–Trinajstić information content (AvgIpc) is 2.83. The maximum atomic E-state index is 13.2. The van der Waals surface area contributed by atoms with Crippen LogP contribution in [0.5, 0.6) is 11.5 Å². The van der Waals surface area contributed by atoms with E-state index in [1.807, 2.05) is 6.07 Å². The summed E-state index contributed by atoms with van der Waals surface area (Å²) in [4.78, 5) is 12.9. The Morgan fingerprint density at radius 1 is 0.939 bits per heavy atom. The van der Waals surface area contributed by atoms with E-state index in [0.717, 1.165) is 12.0 Å². The lowest BCUT2D eigenvalue weighted by Crippen LogP contribution is -2.35. The minimum absolute atomic E-state index is 0.256. The van der Waals surface area contributed by atoms with E-state index in [4.69, 9.17) is 9.47 Å². The molecule has 0 spiro atoms. The zero-order chi connectivity index (χ0) is 23.4. The molecule has 0 atom stereocenters. The number of amides is 2. The molecule has 1 aliphatic heterocycles. The van der Waals surface area contributed by atoms with Crippen molar-refractivity contribution in [3.8, 4) is 11.5 Å². The fourth-order valence-electron chi connectivity index (χ4n) is 3.88. The summed E-state index contributed by atoms with van der Waals surface area (Å²) in [5, 5.41) is 5.56. The largest absolute Gasteiger partial charge is 0.493 e. The van der Waals surface area contributed by atoms with E-state index < -0.39 is 16.1 Å². The van der Waals surface area contributed by atoms with Gasteiger partial charge in [-0.05, 0) is 60.9 Å². The molecule has 0 bridgehead atoms. The van der Waals surface area contributed by atoms with Gasteiger partial charge in [-0.15, -0.1) is 0 Å². The highest BCUT2D eigenvalue weighted by molar-refractivity contribution is 7.92. The lowest BCUT2D eigenvalue weighted by atomic mass is 10.0. The van der Waals surface area contributed by atoms with Crippen LogP contribution in [0.15, 0.2) is 71.6 Å². The van der Waals surface area contributed by atoms with Crippen LogP contribution in [-0.4, -0.2) is 35.2 Å². The highest BCUT2D eigenvalue weighted by Crippen LogP contribution is 2.36. The molecule has 4 rings (SSSR count). The topological polar surface area (TPSA) is 97.0 Å². The first-order chi connectivity index (χ1) is 15.9. The Bertz CT molecular complexity index is 1260. The number of para-hydroxylation sites is 1. The van der Waals surface area contributed by atoms with Crippen LogP contribution in [0.25, 0.3) is 0 Å². The summed E-state index contributed by atoms with van der Waals surface area (Å²) in [6, 6.07) is 18.4. The molecular formula is C24H25N3O5S. The van der Waals surface area contributed by atoms with Crippen molar-refractivity contribution in [3.63, 3.8) is 0 Å². The summed E-state index contributed by atoms with van der Waals surface area (Å²) in [7, 11) is -0.635. The third-order valence-corrected chi connectivity index (χ3v) is 7.22. The van der Waals surface area contributed by atoms with Crippen LogP contribution in [0.2, 0.25) is 0 Å². The van der Waals surface area contributed by atoms with Gasteiger partial charge in [0.05, 0.1) is 30.5 Å². The number of hydrogen-bond acceptors (Lipinski definition) is 5. The minimum Gasteiger partial charge on any atom is -0.493 e. The van der Waals surface area contributed by atoms with Crippen LogP contribution >= 0.6 is 0 Å². The van der Waals surface area contributed by atoms with Gasteiger partial charge in [-0.2, -0.15) is 0 Å². The molecule has 1 aliphatic rings. The Balaban J connectivity index is 1.54. The maximum absolute atomic E-state index is 13.2. The number of fused-ring (bicyclic) bond motifs is 1. The number of methoxy groups -OCH3 is 2. The number of nitrogens with zero attached hydrogens (tertiary/aromatic N) is 1. The quantitative estimate of drug-likeness (QED) is 0.557. The van der Waals surface area contributed by atoms with Gasteiger partial charge in [0.2, 0.25) is 0 Å². The Hall–Kier alpha value is -3.72. The van der Waals surface area contributed by atoms with Gasteiger partial charge in [0.1, 0.15) is 0 Å². The number of nitrogens with one attached hydrogen (secondary N) is 2. The molecule has 8 nitrogen and oxygen atoms in total. The predicted octanol–water partition coefficient (Wildman–Crippen LogP) is 4.49. The summed E-state index contributed by atoms with van der Waals surface area (Å²) in [6.45, 7) is 0.410. The molecule has 0 aliphatic carbocycles. The van der Waals surface area contributed by atoms with Crippen LogP contribution in [0.4, 0.5) is 21.9 Å². The SMILES string of the molecule is COc1cccc(NC(=O)Nc2ccc3c(c2)CCCN3S(=O)(=O)c2ccccc2)c1OC. The number of rotatable bonds is 6. The highest BCUT2D eigenvalue weighted by Gasteiger charge is 2.29. The molecule has 2 N–H and O–H groups in total. The molecule has 3 aromatic rings. The summed E-state index contributed by atoms with van der Waals surface area (Å²) < 4.78 is 38.3. The molecule has 33 heavy (non-hydrogen) atoms. The Morgan fingerprint density at radius 2 is 1.73 bits per heavy atom. The first kappa shape index (κ1) is 22.5. The summed E-state index contributed by atoms with van der Waals surface area (Å²) in [6.07, 6.45) is 1.41. The minimum atomic E-state index is -3.66. The highest BCUT2D eigenvalue weighted by atomic mass is 32.2. The first-order valence-electron chi connectivity index (χ1n) is 10.4. The van der Waals surface area contributed by atoms with Gasteiger partial charge in [-0.3, -0.25) is 4.31 Å². The molecule has 172 valence electrons. The number of benzene rings is 3. The van der Waals surface area contributed by atoms with E-state index in [-0.39, 0.29) is 4.90 Å². The van der Waals surface area contributed by atoms with Crippen molar-refractivity contribution in [1.29, 1.82) is 0 Å². The van der Waals surface area contributed by atoms with Crippen molar-refractivity contribution in [2.24, 2.45) is 0 Å². The second-order valence-corrected chi connectivity index (χ2v) is 9.32. The van der Waals surface area contributed by atoms with Crippen molar-refractivity contribution < 1.29 is 22.7 Å². The number of hydrogen-bond donors (Lipinski definition) is 2. The Morgan fingerprint density at radius 3 is 2.45 bits per heavy atom. The molecule has 1 heterocycles. The fraction of sp³-hybridized carbons (Fsp3) is 0.208. The van der Waals surface area contributed by atoms with E-state index in [9.17, 15) is 13.2 Å². The first-order valence-corrected chi connectivity index (χ1v) is 11.9. The van der Waals surface area contributed by atoms with Gasteiger partial charge in [-0.1, -0.05) is 24.3 Å². The van der Waals surface area contributed by atoms with Gasteiger partial charge in [0.25, 0.3) is 10.0 Å². The molecule has 0 radical (unpaired) electrons. The zero-order valence-corrected chi connectivity index (χ0v) is 19.2. The fourth-order valence-corrected chi connectivity index (χ4v) is 5.44. The zero-order valence-electron chi connectivity index (χ0n) is 18.4. The van der Waals surface area contributed by atoms with Gasteiger partial charge in [0, 0.05) is 12.2 Å². The number of carbonyl (C=O) groups excluding carboxylic acids is 1. The molecule has 9 heteroatoms. The summed E-state index contributed by atoms with van der Waals surface area (Å²) in [5.74, 6) is 0.922. The molecular weight excluding hydrogens is 442 g/mol. The smallest absolute Gasteiger partial charge is 0.323 e. The van der Waals surface area contributed by atoms with E-state index in [1.54, 1.807) is 60.7 Å². The molecule has 0 unspecified atom stereocenters. The van der Waals surface area contributed by atoms with Gasteiger partial charge in [0.15, 0.2) is 11.5 Å². The summed E-state index contributed by atoms with van der Waals surface area (Å²) >= 11 is 0. The maximum Gasteiger partial charge on any atom is 0.323 e.